The second kappa shape index (κ2) is 2.81. The first-order valence-electron chi connectivity index (χ1n) is 4.48. The Balaban J connectivity index is 2.34. The summed E-state index contributed by atoms with van der Waals surface area (Å²) in [5.41, 5.74) is 6.05. The van der Waals surface area contributed by atoms with E-state index in [2.05, 4.69) is 5.16 Å². The van der Waals surface area contributed by atoms with Gasteiger partial charge in [0.25, 0.3) is 0 Å². The predicted octanol–water partition coefficient (Wildman–Crippen LogP) is 0.427. The fraction of sp³-hybridized carbons (Fsp3) is 0.556. The van der Waals surface area contributed by atoms with Gasteiger partial charge in [-0.3, -0.25) is 4.79 Å². The van der Waals surface area contributed by atoms with Crippen LogP contribution in [0.4, 0.5) is 0 Å². The minimum atomic E-state index is -0.969. The molecule has 1 fully saturated rings. The highest BCUT2D eigenvalue weighted by molar-refractivity contribution is 5.77. The average Bonchev–Trinajstić information content (AvgIpc) is 2.83. The number of aromatic nitrogens is 1. The first kappa shape index (κ1) is 9.21. The van der Waals surface area contributed by atoms with E-state index in [0.29, 0.717) is 5.76 Å². The summed E-state index contributed by atoms with van der Waals surface area (Å²) in [6, 6.07) is -0.861. The lowest BCUT2D eigenvalue weighted by Crippen LogP contribution is -2.42. The summed E-state index contributed by atoms with van der Waals surface area (Å²) in [7, 11) is 0. The Morgan fingerprint density at radius 3 is 2.79 bits per heavy atom. The van der Waals surface area contributed by atoms with E-state index in [-0.39, 0.29) is 0 Å². The normalized spacial score (nSPS) is 20.4. The van der Waals surface area contributed by atoms with Crippen molar-refractivity contribution in [2.24, 2.45) is 5.73 Å². The minimum absolute atomic E-state index is 0.435. The van der Waals surface area contributed by atoms with Gasteiger partial charge in [0.15, 0.2) is 0 Å². The maximum absolute atomic E-state index is 10.8. The van der Waals surface area contributed by atoms with Crippen molar-refractivity contribution in [2.75, 3.05) is 0 Å². The molecule has 1 aliphatic rings. The average molecular weight is 196 g/mol. The van der Waals surface area contributed by atoms with Crippen LogP contribution in [-0.4, -0.2) is 22.3 Å². The first-order valence-corrected chi connectivity index (χ1v) is 4.48. The van der Waals surface area contributed by atoms with Crippen LogP contribution in [0.15, 0.2) is 10.7 Å². The van der Waals surface area contributed by atoms with Crippen molar-refractivity contribution in [3.8, 4) is 0 Å². The number of carbonyl (C=O) groups is 1. The molecule has 0 amide bonds. The predicted molar refractivity (Wildman–Crippen MR) is 47.8 cm³/mol. The molecule has 1 aromatic rings. The number of hydrogen-bond acceptors (Lipinski definition) is 4. The molecule has 5 nitrogen and oxygen atoms in total. The smallest absolute Gasteiger partial charge is 0.321 e. The maximum Gasteiger partial charge on any atom is 0.321 e. The van der Waals surface area contributed by atoms with Gasteiger partial charge in [0.2, 0.25) is 0 Å². The number of carboxylic acids is 1. The lowest BCUT2D eigenvalue weighted by atomic mass is 9.89. The summed E-state index contributed by atoms with van der Waals surface area (Å²) >= 11 is 0. The Kier molecular flexibility index (Phi) is 1.85. The van der Waals surface area contributed by atoms with Gasteiger partial charge in [0.1, 0.15) is 11.8 Å². The standard InChI is InChI=1S/C9H12N2O3/c1-5-6(4-11-14-5)9(2-3-9)7(10)8(12)13/h4,7H,2-3,10H2,1H3,(H,12,13). The van der Waals surface area contributed by atoms with Crippen LogP contribution >= 0.6 is 0 Å². The topological polar surface area (TPSA) is 89.4 Å². The van der Waals surface area contributed by atoms with E-state index in [9.17, 15) is 4.79 Å². The lowest BCUT2D eigenvalue weighted by Gasteiger charge is -2.17. The molecule has 1 heterocycles. The van der Waals surface area contributed by atoms with Crippen LogP contribution in [0, 0.1) is 6.92 Å². The first-order chi connectivity index (χ1) is 6.58. The van der Waals surface area contributed by atoms with Gasteiger partial charge in [-0.05, 0) is 19.8 Å². The Morgan fingerprint density at radius 2 is 2.43 bits per heavy atom. The van der Waals surface area contributed by atoms with Gasteiger partial charge in [-0.1, -0.05) is 5.16 Å². The number of aliphatic carboxylic acids is 1. The molecule has 0 aromatic carbocycles. The molecule has 0 saturated heterocycles. The molecule has 0 spiro atoms. The highest BCUT2D eigenvalue weighted by atomic mass is 16.5. The SMILES string of the molecule is Cc1oncc1C1(C(N)C(=O)O)CC1. The Labute approximate surface area is 80.9 Å². The maximum atomic E-state index is 10.8. The van der Waals surface area contributed by atoms with E-state index in [1.807, 2.05) is 0 Å². The summed E-state index contributed by atoms with van der Waals surface area (Å²) < 4.78 is 4.92. The molecule has 1 aromatic heterocycles. The minimum Gasteiger partial charge on any atom is -0.480 e. The van der Waals surface area contributed by atoms with Crippen molar-refractivity contribution in [3.63, 3.8) is 0 Å². The van der Waals surface area contributed by atoms with Crippen LogP contribution in [-0.2, 0) is 10.2 Å². The van der Waals surface area contributed by atoms with Crippen LogP contribution in [0.2, 0.25) is 0 Å². The highest BCUT2D eigenvalue weighted by Gasteiger charge is 2.54. The van der Waals surface area contributed by atoms with E-state index < -0.39 is 17.4 Å². The summed E-state index contributed by atoms with van der Waals surface area (Å²) in [6.45, 7) is 1.77. The third-order valence-electron chi connectivity index (χ3n) is 2.94. The quantitative estimate of drug-likeness (QED) is 0.731. The van der Waals surface area contributed by atoms with Gasteiger partial charge in [0.05, 0.1) is 6.20 Å². The van der Waals surface area contributed by atoms with Crippen molar-refractivity contribution in [3.05, 3.63) is 17.5 Å². The highest BCUT2D eigenvalue weighted by Crippen LogP contribution is 2.51. The van der Waals surface area contributed by atoms with Gasteiger partial charge in [-0.2, -0.15) is 0 Å². The molecule has 2 rings (SSSR count). The van der Waals surface area contributed by atoms with Gasteiger partial charge < -0.3 is 15.4 Å². The monoisotopic (exact) mass is 196 g/mol. The summed E-state index contributed by atoms with van der Waals surface area (Å²) in [5, 5.41) is 12.5. The summed E-state index contributed by atoms with van der Waals surface area (Å²) in [5.74, 6) is -0.303. The Hall–Kier alpha value is -1.36. The largest absolute Gasteiger partial charge is 0.480 e. The molecule has 1 atom stereocenters. The van der Waals surface area contributed by atoms with Crippen molar-refractivity contribution >= 4 is 5.97 Å². The van der Waals surface area contributed by atoms with Crippen LogP contribution in [0.25, 0.3) is 0 Å². The van der Waals surface area contributed by atoms with Crippen LogP contribution < -0.4 is 5.73 Å². The molecule has 1 aliphatic carbocycles. The molecular formula is C9H12N2O3. The van der Waals surface area contributed by atoms with E-state index in [0.717, 1.165) is 18.4 Å². The number of hydrogen-bond donors (Lipinski definition) is 2. The molecular weight excluding hydrogens is 184 g/mol. The zero-order valence-electron chi connectivity index (χ0n) is 7.86. The Morgan fingerprint density at radius 1 is 1.79 bits per heavy atom. The number of aryl methyl sites for hydroxylation is 1. The van der Waals surface area contributed by atoms with Gasteiger partial charge >= 0.3 is 5.97 Å². The zero-order chi connectivity index (χ0) is 10.3. The van der Waals surface area contributed by atoms with Gasteiger partial charge in [0, 0.05) is 11.0 Å². The van der Waals surface area contributed by atoms with E-state index in [1.165, 1.54) is 0 Å². The number of carboxylic acid groups (broad SMARTS) is 1. The molecule has 0 bridgehead atoms. The van der Waals surface area contributed by atoms with Crippen molar-refractivity contribution in [1.29, 1.82) is 0 Å². The molecule has 0 radical (unpaired) electrons. The van der Waals surface area contributed by atoms with Crippen LogP contribution in [0.1, 0.15) is 24.2 Å². The van der Waals surface area contributed by atoms with E-state index in [1.54, 1.807) is 13.1 Å². The fourth-order valence-electron chi connectivity index (χ4n) is 1.90. The van der Waals surface area contributed by atoms with E-state index >= 15 is 0 Å². The van der Waals surface area contributed by atoms with E-state index in [4.69, 9.17) is 15.4 Å². The van der Waals surface area contributed by atoms with Crippen molar-refractivity contribution < 1.29 is 14.4 Å². The van der Waals surface area contributed by atoms with Crippen molar-refractivity contribution in [1.82, 2.24) is 5.16 Å². The molecule has 5 heteroatoms. The molecule has 76 valence electrons. The number of nitrogens with zero attached hydrogens (tertiary/aromatic N) is 1. The molecule has 1 saturated carbocycles. The lowest BCUT2D eigenvalue weighted by molar-refractivity contribution is -0.139. The van der Waals surface area contributed by atoms with Crippen molar-refractivity contribution in [2.45, 2.75) is 31.2 Å². The second-order valence-corrected chi connectivity index (χ2v) is 3.77. The van der Waals surface area contributed by atoms with Gasteiger partial charge in [-0.25, -0.2) is 0 Å². The second-order valence-electron chi connectivity index (χ2n) is 3.77. The summed E-state index contributed by atoms with van der Waals surface area (Å²) in [4.78, 5) is 10.8. The van der Waals surface area contributed by atoms with Crippen LogP contribution in [0.5, 0.6) is 0 Å². The number of nitrogens with two attached hydrogens (primary N) is 1. The fourth-order valence-corrected chi connectivity index (χ4v) is 1.90. The third kappa shape index (κ3) is 1.13. The van der Waals surface area contributed by atoms with Gasteiger partial charge in [-0.15, -0.1) is 0 Å². The number of rotatable bonds is 3. The third-order valence-corrected chi connectivity index (χ3v) is 2.94. The molecule has 3 N–H and O–H groups in total. The van der Waals surface area contributed by atoms with Crippen LogP contribution in [0.3, 0.4) is 0 Å². The molecule has 14 heavy (non-hydrogen) atoms. The molecule has 1 unspecified atom stereocenters. The summed E-state index contributed by atoms with van der Waals surface area (Å²) in [6.07, 6.45) is 3.16. The zero-order valence-corrected chi connectivity index (χ0v) is 7.86. The Bertz CT molecular complexity index is 368. The molecule has 0 aliphatic heterocycles.